The number of fused-ring (bicyclic) bond motifs is 2. The number of aromatic hydroxyl groups is 1. The van der Waals surface area contributed by atoms with Crippen molar-refractivity contribution in [3.05, 3.63) is 43.1 Å². The van der Waals surface area contributed by atoms with Gasteiger partial charge in [-0.3, -0.25) is 0 Å². The topological polar surface area (TPSA) is 92.0 Å². The predicted octanol–water partition coefficient (Wildman–Crippen LogP) is 2.15. The summed E-state index contributed by atoms with van der Waals surface area (Å²) in [4.78, 5) is 10.7. The van der Waals surface area contributed by atoms with Crippen molar-refractivity contribution in [1.29, 1.82) is 0 Å². The normalized spacial score (nSPS) is 23.7. The Balaban J connectivity index is 1.35. The van der Waals surface area contributed by atoms with Crippen molar-refractivity contribution in [2.45, 2.75) is 43.8 Å². The summed E-state index contributed by atoms with van der Waals surface area (Å²) >= 11 is 0. The zero-order valence-corrected chi connectivity index (χ0v) is 15.7. The monoisotopic (exact) mass is 377 g/mol. The molecule has 2 N–H and O–H groups in total. The largest absolute Gasteiger partial charge is 0.507 e. The van der Waals surface area contributed by atoms with Gasteiger partial charge in [0.05, 0.1) is 18.2 Å². The number of nitrogens with one attached hydrogen (secondary N) is 1. The molecule has 3 aromatic rings. The lowest BCUT2D eigenvalue weighted by atomic mass is 9.99. The summed E-state index contributed by atoms with van der Waals surface area (Å²) in [7, 11) is 2.05. The van der Waals surface area contributed by atoms with Crippen LogP contribution < -0.4 is 10.2 Å². The Morgan fingerprint density at radius 1 is 1.18 bits per heavy atom. The molecular formula is C20H23N7O. The molecule has 2 aromatic heterocycles. The zero-order valence-electron chi connectivity index (χ0n) is 15.7. The second kappa shape index (κ2) is 6.87. The summed E-state index contributed by atoms with van der Waals surface area (Å²) in [6.45, 7) is 0. The maximum Gasteiger partial charge on any atom is 0.245 e. The molecule has 144 valence electrons. The first-order valence-electron chi connectivity index (χ1n) is 9.67. The molecule has 4 heterocycles. The molecule has 2 saturated heterocycles. The molecule has 0 radical (unpaired) electrons. The summed E-state index contributed by atoms with van der Waals surface area (Å²) in [6.07, 6.45) is 11.7. The van der Waals surface area contributed by atoms with E-state index in [9.17, 15) is 5.11 Å². The molecule has 1 unspecified atom stereocenters. The first kappa shape index (κ1) is 17.1. The maximum absolute atomic E-state index is 10.4. The molecule has 8 heteroatoms. The second-order valence-corrected chi connectivity index (χ2v) is 7.69. The van der Waals surface area contributed by atoms with Gasteiger partial charge in [0.1, 0.15) is 11.4 Å². The third-order valence-corrected chi connectivity index (χ3v) is 5.92. The minimum atomic E-state index is 0.137. The molecule has 0 saturated carbocycles. The third-order valence-electron chi connectivity index (χ3n) is 5.92. The van der Waals surface area contributed by atoms with E-state index in [1.165, 1.54) is 12.8 Å². The van der Waals surface area contributed by atoms with Crippen LogP contribution >= 0.6 is 0 Å². The molecule has 8 nitrogen and oxygen atoms in total. The summed E-state index contributed by atoms with van der Waals surface area (Å²) in [6, 6.07) is 7.08. The van der Waals surface area contributed by atoms with E-state index in [1.807, 2.05) is 29.9 Å². The highest BCUT2D eigenvalue weighted by atomic mass is 16.3. The lowest BCUT2D eigenvalue weighted by Gasteiger charge is -2.35. The predicted molar refractivity (Wildman–Crippen MR) is 105 cm³/mol. The summed E-state index contributed by atoms with van der Waals surface area (Å²) in [5.41, 5.74) is 1.99. The Hall–Kier alpha value is -3.00. The Bertz CT molecular complexity index is 945. The van der Waals surface area contributed by atoms with Crippen molar-refractivity contribution in [1.82, 2.24) is 30.0 Å². The number of benzene rings is 1. The average Bonchev–Trinajstić information content (AvgIpc) is 3.37. The Morgan fingerprint density at radius 3 is 2.64 bits per heavy atom. The van der Waals surface area contributed by atoms with Crippen LogP contribution in [0.15, 0.2) is 43.1 Å². The van der Waals surface area contributed by atoms with Gasteiger partial charge in [-0.15, -0.1) is 10.2 Å². The second-order valence-electron chi connectivity index (χ2n) is 7.69. The number of hydrogen-bond acceptors (Lipinski definition) is 7. The van der Waals surface area contributed by atoms with E-state index in [1.54, 1.807) is 24.8 Å². The highest BCUT2D eigenvalue weighted by Gasteiger charge is 2.35. The van der Waals surface area contributed by atoms with Crippen LogP contribution in [0.25, 0.3) is 16.9 Å². The maximum atomic E-state index is 10.4. The van der Waals surface area contributed by atoms with Crippen LogP contribution in [-0.4, -0.2) is 55.0 Å². The Labute approximate surface area is 163 Å². The first-order chi connectivity index (χ1) is 13.7. The van der Waals surface area contributed by atoms with Crippen LogP contribution in [0.1, 0.15) is 25.7 Å². The van der Waals surface area contributed by atoms with Gasteiger partial charge < -0.3 is 19.9 Å². The van der Waals surface area contributed by atoms with Gasteiger partial charge >= 0.3 is 0 Å². The molecular weight excluding hydrogens is 354 g/mol. The van der Waals surface area contributed by atoms with Crippen LogP contribution in [0.3, 0.4) is 0 Å². The van der Waals surface area contributed by atoms with E-state index in [4.69, 9.17) is 0 Å². The summed E-state index contributed by atoms with van der Waals surface area (Å²) < 4.78 is 1.83. The minimum absolute atomic E-state index is 0.137. The number of phenols is 1. The van der Waals surface area contributed by atoms with E-state index in [0.717, 1.165) is 18.5 Å². The van der Waals surface area contributed by atoms with Gasteiger partial charge in [0.15, 0.2) is 0 Å². The number of phenolic OH excluding ortho intramolecular Hbond substituents is 1. The zero-order chi connectivity index (χ0) is 19.1. The number of aromatic nitrogens is 5. The van der Waals surface area contributed by atoms with Crippen LogP contribution in [0.4, 0.5) is 5.95 Å². The van der Waals surface area contributed by atoms with Gasteiger partial charge in [-0.25, -0.2) is 9.97 Å². The smallest absolute Gasteiger partial charge is 0.245 e. The molecule has 5 rings (SSSR count). The van der Waals surface area contributed by atoms with E-state index in [2.05, 4.69) is 30.4 Å². The van der Waals surface area contributed by atoms with Gasteiger partial charge in [0.25, 0.3) is 0 Å². The van der Waals surface area contributed by atoms with Crippen LogP contribution in [0.5, 0.6) is 5.75 Å². The fraction of sp³-hybridized carbons (Fsp3) is 0.400. The molecule has 3 atom stereocenters. The molecule has 0 aliphatic carbocycles. The number of piperidine rings is 1. The van der Waals surface area contributed by atoms with E-state index >= 15 is 0 Å². The Kier molecular flexibility index (Phi) is 4.20. The van der Waals surface area contributed by atoms with Crippen LogP contribution in [0, 0.1) is 0 Å². The minimum Gasteiger partial charge on any atom is -0.507 e. The fourth-order valence-corrected chi connectivity index (χ4v) is 4.37. The molecule has 0 spiro atoms. The van der Waals surface area contributed by atoms with Crippen LogP contribution in [-0.2, 0) is 0 Å². The molecule has 0 amide bonds. The number of imidazole rings is 1. The van der Waals surface area contributed by atoms with Crippen molar-refractivity contribution < 1.29 is 5.11 Å². The van der Waals surface area contributed by atoms with Gasteiger partial charge in [0, 0.05) is 49.2 Å². The SMILES string of the molecule is CN(c1ncc(-c2ccc(-n3ccnc3)cc2O)nn1)C1C[C@H]2CC[C@@H](C1)N2. The number of anilines is 1. The van der Waals surface area contributed by atoms with E-state index < -0.39 is 0 Å². The van der Waals surface area contributed by atoms with Gasteiger partial charge in [-0.05, 0) is 37.8 Å². The standard InChI is InChI=1S/C20H23N7O/c1-26(16-8-13-2-3-14(9-16)23-13)20-22-11-18(24-25-20)17-5-4-15(10-19(17)28)27-7-6-21-12-27/h4-7,10-14,16,23,28H,2-3,8-9H2,1H3/t13-,14+,16?. The summed E-state index contributed by atoms with van der Waals surface area (Å²) in [5.74, 6) is 0.767. The van der Waals surface area contributed by atoms with Gasteiger partial charge in [0.2, 0.25) is 5.95 Å². The molecule has 2 aliphatic rings. The Morgan fingerprint density at radius 2 is 2.00 bits per heavy atom. The lowest BCUT2D eigenvalue weighted by molar-refractivity contribution is 0.352. The van der Waals surface area contributed by atoms with Crippen molar-refractivity contribution in [3.63, 3.8) is 0 Å². The number of hydrogen-bond donors (Lipinski definition) is 2. The average molecular weight is 377 g/mol. The quantitative estimate of drug-likeness (QED) is 0.720. The molecule has 2 bridgehead atoms. The van der Waals surface area contributed by atoms with Crippen LogP contribution in [0.2, 0.25) is 0 Å². The van der Waals surface area contributed by atoms with Crippen molar-refractivity contribution in [3.8, 4) is 22.7 Å². The highest BCUT2D eigenvalue weighted by molar-refractivity contribution is 5.68. The number of rotatable bonds is 4. The molecule has 28 heavy (non-hydrogen) atoms. The molecule has 2 aliphatic heterocycles. The van der Waals surface area contributed by atoms with Crippen molar-refractivity contribution in [2.75, 3.05) is 11.9 Å². The molecule has 2 fully saturated rings. The van der Waals surface area contributed by atoms with Crippen molar-refractivity contribution >= 4 is 5.95 Å². The summed E-state index contributed by atoms with van der Waals surface area (Å²) in [5, 5.41) is 22.8. The molecule has 1 aromatic carbocycles. The van der Waals surface area contributed by atoms with E-state index in [-0.39, 0.29) is 5.75 Å². The van der Waals surface area contributed by atoms with Gasteiger partial charge in [-0.2, -0.15) is 0 Å². The van der Waals surface area contributed by atoms with Crippen molar-refractivity contribution in [2.24, 2.45) is 0 Å². The van der Waals surface area contributed by atoms with Gasteiger partial charge in [-0.1, -0.05) is 0 Å². The fourth-order valence-electron chi connectivity index (χ4n) is 4.37. The third kappa shape index (κ3) is 3.09. The highest BCUT2D eigenvalue weighted by Crippen LogP contribution is 2.32. The first-order valence-corrected chi connectivity index (χ1v) is 9.67. The lowest BCUT2D eigenvalue weighted by Crippen LogP contribution is -2.47. The number of nitrogens with zero attached hydrogens (tertiary/aromatic N) is 6. The van der Waals surface area contributed by atoms with E-state index in [0.29, 0.717) is 35.3 Å².